The van der Waals surface area contributed by atoms with Gasteiger partial charge < -0.3 is 4.90 Å². The van der Waals surface area contributed by atoms with Crippen LogP contribution in [0.5, 0.6) is 0 Å². The van der Waals surface area contributed by atoms with E-state index in [1.165, 1.54) is 39.1 Å². The van der Waals surface area contributed by atoms with E-state index in [0.29, 0.717) is 44.0 Å². The van der Waals surface area contributed by atoms with Gasteiger partial charge in [-0.2, -0.15) is 8.68 Å². The van der Waals surface area contributed by atoms with Crippen molar-refractivity contribution in [2.45, 2.75) is 24.7 Å². The number of halogens is 2. The molecule has 1 fully saturated rings. The van der Waals surface area contributed by atoms with Gasteiger partial charge in [-0.05, 0) is 37.1 Å². The van der Waals surface area contributed by atoms with Crippen LogP contribution in [-0.2, 0) is 16.4 Å². The van der Waals surface area contributed by atoms with Gasteiger partial charge in [-0.3, -0.25) is 0 Å². The van der Waals surface area contributed by atoms with Crippen LogP contribution < -0.4 is 4.90 Å². The fourth-order valence-corrected chi connectivity index (χ4v) is 6.42. The summed E-state index contributed by atoms with van der Waals surface area (Å²) in [5, 5.41) is 1.34. The molecule has 6 nitrogen and oxygen atoms in total. The highest BCUT2D eigenvalue weighted by atomic mass is 35.5. The first kappa shape index (κ1) is 22.5. The molecule has 0 saturated carbocycles. The van der Waals surface area contributed by atoms with Gasteiger partial charge in [0.25, 0.3) is 0 Å². The van der Waals surface area contributed by atoms with Gasteiger partial charge in [0.15, 0.2) is 0 Å². The molecular weight excluding hydrogens is 475 g/mol. The van der Waals surface area contributed by atoms with Crippen LogP contribution in [0.2, 0.25) is 10.0 Å². The third-order valence-corrected chi connectivity index (χ3v) is 8.61. The fourth-order valence-electron chi connectivity index (χ4n) is 3.47. The fraction of sp³-hybridized carbons (Fsp3) is 0.333. The van der Waals surface area contributed by atoms with E-state index in [9.17, 15) is 8.42 Å². The topological polar surface area (TPSA) is 66.4 Å². The predicted molar refractivity (Wildman–Crippen MR) is 126 cm³/mol. The summed E-state index contributed by atoms with van der Waals surface area (Å²) >= 11 is 13.5. The van der Waals surface area contributed by atoms with E-state index in [0.717, 1.165) is 11.0 Å². The van der Waals surface area contributed by atoms with E-state index in [2.05, 4.69) is 40.5 Å². The minimum atomic E-state index is -3.73. The van der Waals surface area contributed by atoms with Crippen molar-refractivity contribution >= 4 is 49.9 Å². The Kier molecular flexibility index (Phi) is 6.83. The lowest BCUT2D eigenvalue weighted by molar-refractivity contribution is 0.433. The smallest absolute Gasteiger partial charge is 0.244 e. The second-order valence-electron chi connectivity index (χ2n) is 7.47. The van der Waals surface area contributed by atoms with Gasteiger partial charge in [-0.15, -0.1) is 0 Å². The van der Waals surface area contributed by atoms with Crippen molar-refractivity contribution < 1.29 is 8.42 Å². The van der Waals surface area contributed by atoms with Gasteiger partial charge in [-0.25, -0.2) is 13.4 Å². The summed E-state index contributed by atoms with van der Waals surface area (Å²) in [7, 11) is -3.73. The van der Waals surface area contributed by atoms with Crippen molar-refractivity contribution in [2.24, 2.45) is 0 Å². The largest absolute Gasteiger partial charge is 0.345 e. The van der Waals surface area contributed by atoms with Crippen LogP contribution in [-0.4, -0.2) is 48.3 Å². The highest BCUT2D eigenvalue weighted by molar-refractivity contribution is 7.89. The molecule has 1 aliphatic heterocycles. The second-order valence-corrected chi connectivity index (χ2v) is 11.0. The van der Waals surface area contributed by atoms with Gasteiger partial charge in [-0.1, -0.05) is 53.0 Å². The molecule has 0 N–H and O–H groups in total. The standard InChI is InChI=1S/C21H22Cl2N4O2S2/c1-15-3-5-16(6-4-15)13-20-24-21(30-25-20)26-9-2-10-27(12-11-26)31(28,29)19-14-17(22)7-8-18(19)23/h3-8,14H,2,9-13H2,1H3. The lowest BCUT2D eigenvalue weighted by Gasteiger charge is -2.21. The van der Waals surface area contributed by atoms with Crippen LogP contribution in [0, 0.1) is 6.92 Å². The highest BCUT2D eigenvalue weighted by Gasteiger charge is 2.29. The molecule has 3 aromatic rings. The average Bonchev–Trinajstić information content (AvgIpc) is 3.05. The van der Waals surface area contributed by atoms with E-state index >= 15 is 0 Å². The molecule has 2 heterocycles. The van der Waals surface area contributed by atoms with E-state index in [1.807, 2.05) is 0 Å². The third kappa shape index (κ3) is 5.21. The Morgan fingerprint density at radius 2 is 1.81 bits per heavy atom. The molecule has 31 heavy (non-hydrogen) atoms. The summed E-state index contributed by atoms with van der Waals surface area (Å²) in [6, 6.07) is 12.8. The summed E-state index contributed by atoms with van der Waals surface area (Å²) in [5.74, 6) is 0.781. The molecular formula is C21H22Cl2N4O2S2. The number of aromatic nitrogens is 2. The van der Waals surface area contributed by atoms with Crippen molar-refractivity contribution in [3.63, 3.8) is 0 Å². The maximum atomic E-state index is 13.1. The van der Waals surface area contributed by atoms with Gasteiger partial charge in [0.1, 0.15) is 10.7 Å². The van der Waals surface area contributed by atoms with Crippen molar-refractivity contribution in [1.29, 1.82) is 0 Å². The number of nitrogens with zero attached hydrogens (tertiary/aromatic N) is 4. The number of hydrogen-bond donors (Lipinski definition) is 0. The molecule has 1 aromatic heterocycles. The molecule has 0 bridgehead atoms. The summed E-state index contributed by atoms with van der Waals surface area (Å²) in [4.78, 5) is 6.84. The zero-order chi connectivity index (χ0) is 22.0. The van der Waals surface area contributed by atoms with E-state index in [4.69, 9.17) is 28.2 Å². The zero-order valence-corrected chi connectivity index (χ0v) is 20.1. The number of rotatable bonds is 5. The highest BCUT2D eigenvalue weighted by Crippen LogP contribution is 2.29. The lowest BCUT2D eigenvalue weighted by Crippen LogP contribution is -2.35. The average molecular weight is 497 g/mol. The van der Waals surface area contributed by atoms with Crippen molar-refractivity contribution in [2.75, 3.05) is 31.1 Å². The molecule has 164 valence electrons. The van der Waals surface area contributed by atoms with E-state index < -0.39 is 10.0 Å². The first-order chi connectivity index (χ1) is 14.8. The molecule has 1 aliphatic rings. The quantitative estimate of drug-likeness (QED) is 0.514. The second kappa shape index (κ2) is 9.42. The van der Waals surface area contributed by atoms with Gasteiger partial charge in [0.2, 0.25) is 15.2 Å². The number of benzene rings is 2. The monoisotopic (exact) mass is 496 g/mol. The van der Waals surface area contributed by atoms with Crippen LogP contribution in [0.3, 0.4) is 0 Å². The van der Waals surface area contributed by atoms with Gasteiger partial charge >= 0.3 is 0 Å². The Hall–Kier alpha value is -1.71. The molecule has 0 amide bonds. The molecule has 4 rings (SSSR count). The van der Waals surface area contributed by atoms with Gasteiger partial charge in [0.05, 0.1) is 5.02 Å². The van der Waals surface area contributed by atoms with Crippen LogP contribution in [0.1, 0.15) is 23.4 Å². The predicted octanol–water partition coefficient (Wildman–Crippen LogP) is 4.65. The number of aryl methyl sites for hydroxylation is 1. The molecule has 0 unspecified atom stereocenters. The first-order valence-electron chi connectivity index (χ1n) is 9.91. The zero-order valence-electron chi connectivity index (χ0n) is 17.0. The Morgan fingerprint density at radius 1 is 1.03 bits per heavy atom. The summed E-state index contributed by atoms with van der Waals surface area (Å²) in [6.07, 6.45) is 1.36. The Balaban J connectivity index is 1.45. The molecule has 1 saturated heterocycles. The van der Waals surface area contributed by atoms with E-state index in [1.54, 1.807) is 6.07 Å². The Morgan fingerprint density at radius 3 is 2.58 bits per heavy atom. The molecule has 0 atom stereocenters. The van der Waals surface area contributed by atoms with E-state index in [-0.39, 0.29) is 9.92 Å². The Labute approximate surface area is 196 Å². The van der Waals surface area contributed by atoms with Crippen molar-refractivity contribution in [1.82, 2.24) is 13.7 Å². The molecule has 2 aromatic carbocycles. The summed E-state index contributed by atoms with van der Waals surface area (Å²) in [5.41, 5.74) is 2.39. The van der Waals surface area contributed by atoms with Crippen molar-refractivity contribution in [3.8, 4) is 0 Å². The maximum absolute atomic E-state index is 13.1. The normalized spacial score (nSPS) is 15.8. The summed E-state index contributed by atoms with van der Waals surface area (Å²) < 4.78 is 32.2. The molecule has 0 radical (unpaired) electrons. The van der Waals surface area contributed by atoms with Crippen LogP contribution in [0.15, 0.2) is 47.4 Å². The Bertz CT molecular complexity index is 1170. The first-order valence-corrected chi connectivity index (χ1v) is 12.9. The molecule has 0 spiro atoms. The number of anilines is 1. The minimum Gasteiger partial charge on any atom is -0.345 e. The molecule has 10 heteroatoms. The lowest BCUT2D eigenvalue weighted by atomic mass is 10.1. The maximum Gasteiger partial charge on any atom is 0.244 e. The minimum absolute atomic E-state index is 0.0476. The number of sulfonamides is 1. The van der Waals surface area contributed by atoms with Crippen LogP contribution in [0.4, 0.5) is 5.13 Å². The van der Waals surface area contributed by atoms with Crippen molar-refractivity contribution in [3.05, 3.63) is 69.5 Å². The SMILES string of the molecule is Cc1ccc(Cc2nsc(N3CCCN(S(=O)(=O)c4cc(Cl)ccc4Cl)CC3)n2)cc1. The van der Waals surface area contributed by atoms with Crippen LogP contribution >= 0.6 is 34.7 Å². The molecule has 0 aliphatic carbocycles. The summed E-state index contributed by atoms with van der Waals surface area (Å²) in [6.45, 7) is 4.08. The number of hydrogen-bond acceptors (Lipinski definition) is 6. The van der Waals surface area contributed by atoms with Crippen LogP contribution in [0.25, 0.3) is 0 Å². The van der Waals surface area contributed by atoms with Gasteiger partial charge in [0, 0.05) is 49.2 Å². The third-order valence-electron chi connectivity index (χ3n) is 5.18.